The number of rotatable bonds is 7. The van der Waals surface area contributed by atoms with Crippen molar-refractivity contribution in [1.29, 1.82) is 0 Å². The molecule has 0 aliphatic carbocycles. The minimum atomic E-state index is -0.432. The van der Waals surface area contributed by atoms with Crippen LogP contribution in [0.25, 0.3) is 0 Å². The van der Waals surface area contributed by atoms with Gasteiger partial charge in [0.1, 0.15) is 6.20 Å². The van der Waals surface area contributed by atoms with Crippen LogP contribution in [-0.2, 0) is 0 Å². The van der Waals surface area contributed by atoms with Crippen LogP contribution < -0.4 is 5.32 Å². The number of aromatic nitrogens is 2. The third-order valence-corrected chi connectivity index (χ3v) is 4.14. The Morgan fingerprint density at radius 1 is 1.47 bits per heavy atom. The maximum atomic E-state index is 11.0. The molecule has 1 aromatic rings. The average molecular weight is 284 g/mol. The molecule has 19 heavy (non-hydrogen) atoms. The van der Waals surface area contributed by atoms with Gasteiger partial charge < -0.3 is 5.32 Å². The summed E-state index contributed by atoms with van der Waals surface area (Å²) in [4.78, 5) is 18.8. The highest BCUT2D eigenvalue weighted by Gasteiger charge is 2.21. The second-order valence-corrected chi connectivity index (χ2v) is 6.00. The predicted molar refractivity (Wildman–Crippen MR) is 77.6 cm³/mol. The van der Waals surface area contributed by atoms with E-state index in [2.05, 4.69) is 29.1 Å². The van der Waals surface area contributed by atoms with E-state index < -0.39 is 4.92 Å². The van der Waals surface area contributed by atoms with Crippen molar-refractivity contribution < 1.29 is 4.92 Å². The first-order valence-corrected chi connectivity index (χ1v) is 7.25. The third kappa shape index (κ3) is 4.66. The lowest BCUT2D eigenvalue weighted by atomic mass is 10.2. The molecule has 0 bridgehead atoms. The molecule has 1 aromatic heterocycles. The molecule has 1 rings (SSSR count). The topological polar surface area (TPSA) is 81.0 Å². The van der Waals surface area contributed by atoms with E-state index in [1.165, 1.54) is 18.0 Å². The number of hydrogen-bond acceptors (Lipinski definition) is 6. The number of nitrogens with one attached hydrogen (secondary N) is 1. The van der Waals surface area contributed by atoms with Crippen LogP contribution in [0, 0.1) is 16.0 Å². The van der Waals surface area contributed by atoms with E-state index in [4.69, 9.17) is 0 Å². The maximum absolute atomic E-state index is 11.0. The van der Waals surface area contributed by atoms with Gasteiger partial charge in [0.2, 0.25) is 5.95 Å². The molecule has 0 spiro atoms. The van der Waals surface area contributed by atoms with Crippen LogP contribution in [0.1, 0.15) is 34.1 Å². The summed E-state index contributed by atoms with van der Waals surface area (Å²) < 4.78 is 0. The van der Waals surface area contributed by atoms with Gasteiger partial charge in [0.15, 0.2) is 5.03 Å². The first kappa shape index (κ1) is 15.7. The van der Waals surface area contributed by atoms with Crippen molar-refractivity contribution in [2.45, 2.75) is 44.4 Å². The largest absolute Gasteiger partial charge is 0.354 e. The molecular formula is C12H20N4O2S. The van der Waals surface area contributed by atoms with Crippen LogP contribution >= 0.6 is 11.8 Å². The molecular weight excluding hydrogens is 264 g/mol. The molecule has 0 aliphatic heterocycles. The number of anilines is 1. The molecule has 1 heterocycles. The van der Waals surface area contributed by atoms with Crippen molar-refractivity contribution in [2.75, 3.05) is 11.9 Å². The van der Waals surface area contributed by atoms with Gasteiger partial charge in [-0.15, -0.1) is 0 Å². The molecule has 7 heteroatoms. The maximum Gasteiger partial charge on any atom is 0.319 e. The summed E-state index contributed by atoms with van der Waals surface area (Å²) in [5.74, 6) is 0.873. The van der Waals surface area contributed by atoms with Crippen molar-refractivity contribution in [1.82, 2.24) is 9.97 Å². The number of thioether (sulfide) groups is 1. The Balaban J connectivity index is 2.98. The minimum absolute atomic E-state index is 0.0282. The predicted octanol–water partition coefficient (Wildman–Crippen LogP) is 3.34. The Kier molecular flexibility index (Phi) is 6.01. The van der Waals surface area contributed by atoms with Gasteiger partial charge in [-0.2, -0.15) is 4.98 Å². The highest BCUT2D eigenvalue weighted by molar-refractivity contribution is 8.00. The summed E-state index contributed by atoms with van der Waals surface area (Å²) in [5, 5.41) is 14.7. The molecule has 1 atom stereocenters. The fraction of sp³-hybridized carbons (Fsp3) is 0.667. The quantitative estimate of drug-likeness (QED) is 0.358. The highest BCUT2D eigenvalue weighted by atomic mass is 32.2. The Morgan fingerprint density at radius 2 is 2.16 bits per heavy atom. The molecule has 0 saturated carbocycles. The first-order chi connectivity index (χ1) is 8.95. The van der Waals surface area contributed by atoms with Gasteiger partial charge in [-0.1, -0.05) is 39.5 Å². The van der Waals surface area contributed by atoms with E-state index in [1.807, 2.05) is 13.8 Å². The Labute approximate surface area is 117 Å². The van der Waals surface area contributed by atoms with Crippen LogP contribution in [0.3, 0.4) is 0 Å². The van der Waals surface area contributed by atoms with Crippen LogP contribution in [0.2, 0.25) is 0 Å². The Bertz CT molecular complexity index is 440. The van der Waals surface area contributed by atoms with E-state index in [9.17, 15) is 10.1 Å². The molecule has 0 radical (unpaired) electrons. The smallest absolute Gasteiger partial charge is 0.319 e. The number of nitrogens with zero attached hydrogens (tertiary/aromatic N) is 3. The lowest BCUT2D eigenvalue weighted by molar-refractivity contribution is -0.388. The second kappa shape index (κ2) is 7.28. The molecule has 1 unspecified atom stereocenters. The zero-order chi connectivity index (χ0) is 14.4. The van der Waals surface area contributed by atoms with E-state index >= 15 is 0 Å². The van der Waals surface area contributed by atoms with Crippen LogP contribution in [-0.4, -0.2) is 26.7 Å². The third-order valence-electron chi connectivity index (χ3n) is 2.70. The number of hydrogen-bond donors (Lipinski definition) is 1. The molecule has 0 aromatic carbocycles. The van der Waals surface area contributed by atoms with E-state index in [0.717, 1.165) is 13.0 Å². The SMILES string of the molecule is CCCNc1ncc([N+](=O)[O-])c(SC(C)C(C)C)n1. The molecule has 106 valence electrons. The average Bonchev–Trinajstić information content (AvgIpc) is 2.36. The summed E-state index contributed by atoms with van der Waals surface area (Å²) in [6.45, 7) is 9.00. The highest BCUT2D eigenvalue weighted by Crippen LogP contribution is 2.33. The normalized spacial score (nSPS) is 12.5. The molecule has 0 aliphatic rings. The standard InChI is InChI=1S/C12H20N4O2S/c1-5-6-13-12-14-7-10(16(17)18)11(15-12)19-9(4)8(2)3/h7-9H,5-6H2,1-4H3,(H,13,14,15). The zero-order valence-electron chi connectivity index (χ0n) is 11.7. The molecule has 0 saturated heterocycles. The van der Waals surface area contributed by atoms with Crippen molar-refractivity contribution in [2.24, 2.45) is 5.92 Å². The van der Waals surface area contributed by atoms with E-state index in [-0.39, 0.29) is 10.9 Å². The van der Waals surface area contributed by atoms with E-state index in [1.54, 1.807) is 0 Å². The van der Waals surface area contributed by atoms with Gasteiger partial charge in [0.25, 0.3) is 0 Å². The fourth-order valence-electron chi connectivity index (χ4n) is 1.21. The van der Waals surface area contributed by atoms with Crippen molar-refractivity contribution >= 4 is 23.4 Å². The minimum Gasteiger partial charge on any atom is -0.354 e. The van der Waals surface area contributed by atoms with Gasteiger partial charge in [-0.25, -0.2) is 4.98 Å². The first-order valence-electron chi connectivity index (χ1n) is 6.37. The molecule has 1 N–H and O–H groups in total. The summed E-state index contributed by atoms with van der Waals surface area (Å²) >= 11 is 1.42. The lowest BCUT2D eigenvalue weighted by Gasteiger charge is -2.14. The second-order valence-electron chi connectivity index (χ2n) is 4.63. The lowest BCUT2D eigenvalue weighted by Crippen LogP contribution is -2.09. The Morgan fingerprint density at radius 3 is 2.68 bits per heavy atom. The van der Waals surface area contributed by atoms with Gasteiger partial charge in [0.05, 0.1) is 4.92 Å². The van der Waals surface area contributed by atoms with Gasteiger partial charge in [-0.05, 0) is 12.3 Å². The van der Waals surface area contributed by atoms with Gasteiger partial charge >= 0.3 is 5.69 Å². The Hall–Kier alpha value is -1.37. The number of nitro groups is 1. The summed E-state index contributed by atoms with van der Waals surface area (Å²) in [6, 6.07) is 0. The summed E-state index contributed by atoms with van der Waals surface area (Å²) in [6.07, 6.45) is 2.23. The zero-order valence-corrected chi connectivity index (χ0v) is 12.5. The van der Waals surface area contributed by atoms with Crippen molar-refractivity contribution in [3.8, 4) is 0 Å². The van der Waals surface area contributed by atoms with Crippen LogP contribution in [0.15, 0.2) is 11.2 Å². The molecule has 0 amide bonds. The summed E-state index contributed by atoms with van der Waals surface area (Å²) in [7, 11) is 0. The van der Waals surface area contributed by atoms with Crippen LogP contribution in [0.4, 0.5) is 11.6 Å². The van der Waals surface area contributed by atoms with E-state index in [0.29, 0.717) is 16.9 Å². The van der Waals surface area contributed by atoms with Crippen LogP contribution in [0.5, 0.6) is 0 Å². The van der Waals surface area contributed by atoms with Gasteiger partial charge in [-0.3, -0.25) is 10.1 Å². The monoisotopic (exact) mass is 284 g/mol. The van der Waals surface area contributed by atoms with Crippen molar-refractivity contribution in [3.05, 3.63) is 16.3 Å². The van der Waals surface area contributed by atoms with Gasteiger partial charge in [0, 0.05) is 11.8 Å². The van der Waals surface area contributed by atoms with Crippen molar-refractivity contribution in [3.63, 3.8) is 0 Å². The molecule has 0 fully saturated rings. The molecule has 6 nitrogen and oxygen atoms in total. The summed E-state index contributed by atoms with van der Waals surface area (Å²) in [5.41, 5.74) is -0.0282. The fourth-order valence-corrected chi connectivity index (χ4v) is 2.22.